The molecule has 210 valence electrons. The van der Waals surface area contributed by atoms with Crippen molar-refractivity contribution in [1.29, 1.82) is 0 Å². The average molecular weight is 571 g/mol. The first kappa shape index (κ1) is 27.8. The third-order valence-corrected chi connectivity index (χ3v) is 7.07. The van der Waals surface area contributed by atoms with Crippen molar-refractivity contribution in [2.45, 2.75) is 59.5 Å². The van der Waals surface area contributed by atoms with E-state index in [1.54, 1.807) is 12.1 Å². The van der Waals surface area contributed by atoms with Crippen LogP contribution in [0.2, 0.25) is 5.02 Å². The number of rotatable bonds is 7. The van der Waals surface area contributed by atoms with Gasteiger partial charge in [-0.15, -0.1) is 0 Å². The molecule has 0 spiro atoms. The number of aromatic nitrogens is 3. The van der Waals surface area contributed by atoms with Crippen molar-refractivity contribution in [3.63, 3.8) is 0 Å². The first-order valence-corrected chi connectivity index (χ1v) is 13.1. The molecule has 11 heteroatoms. The molecule has 2 aromatic heterocycles. The van der Waals surface area contributed by atoms with E-state index in [0.717, 1.165) is 33.4 Å². The van der Waals surface area contributed by atoms with Crippen LogP contribution in [-0.4, -0.2) is 44.4 Å². The number of alkyl halides is 2. The molecule has 1 atom stereocenters. The van der Waals surface area contributed by atoms with Gasteiger partial charge in [-0.3, -0.25) is 0 Å². The van der Waals surface area contributed by atoms with E-state index < -0.39 is 24.3 Å². The summed E-state index contributed by atoms with van der Waals surface area (Å²) in [6, 6.07) is 9.34. The molecule has 40 heavy (non-hydrogen) atoms. The Kier molecular flexibility index (Phi) is 7.18. The van der Waals surface area contributed by atoms with Gasteiger partial charge in [-0.05, 0) is 69.5 Å². The van der Waals surface area contributed by atoms with Gasteiger partial charge in [-0.25, -0.2) is 14.8 Å². The fraction of sp³-hybridized carbons (Fsp3) is 0.345. The molecule has 0 bridgehead atoms. The van der Waals surface area contributed by atoms with E-state index in [4.69, 9.17) is 16.3 Å². The van der Waals surface area contributed by atoms with Crippen molar-refractivity contribution in [2.75, 3.05) is 11.4 Å². The summed E-state index contributed by atoms with van der Waals surface area (Å²) in [7, 11) is 0. The summed E-state index contributed by atoms with van der Waals surface area (Å²) in [5.74, 6) is -0.992. The number of hydrogen-bond acceptors (Lipinski definition) is 6. The van der Waals surface area contributed by atoms with Gasteiger partial charge in [0, 0.05) is 34.8 Å². The highest BCUT2D eigenvalue weighted by atomic mass is 35.5. The third-order valence-electron chi connectivity index (χ3n) is 6.82. The lowest BCUT2D eigenvalue weighted by molar-refractivity contribution is -0.160. The zero-order chi connectivity index (χ0) is 28.9. The fourth-order valence-corrected chi connectivity index (χ4v) is 5.47. The van der Waals surface area contributed by atoms with E-state index in [1.807, 2.05) is 57.7 Å². The van der Waals surface area contributed by atoms with Crippen LogP contribution in [0.15, 0.2) is 42.7 Å². The molecule has 1 N–H and O–H groups in total. The summed E-state index contributed by atoms with van der Waals surface area (Å²) in [5, 5.41) is 11.9. The number of aryl methyl sites for hydroxylation is 1. The number of nitrogens with zero attached hydrogens (tertiary/aromatic N) is 4. The molecule has 1 aliphatic rings. The van der Waals surface area contributed by atoms with E-state index in [9.17, 15) is 18.7 Å². The minimum Gasteiger partial charge on any atom is -0.479 e. The van der Waals surface area contributed by atoms with Crippen LogP contribution in [0.1, 0.15) is 43.7 Å². The Morgan fingerprint density at radius 3 is 2.33 bits per heavy atom. The molecule has 0 aliphatic carbocycles. The van der Waals surface area contributed by atoms with Crippen LogP contribution < -0.4 is 9.64 Å². The number of ether oxygens (including phenoxy) is 2. The van der Waals surface area contributed by atoms with Crippen molar-refractivity contribution in [1.82, 2.24) is 14.5 Å². The van der Waals surface area contributed by atoms with Crippen molar-refractivity contribution in [3.05, 3.63) is 64.6 Å². The topological polar surface area (TPSA) is 89.7 Å². The maximum Gasteiger partial charge on any atom is 0.387 e. The molecule has 4 aromatic rings. The van der Waals surface area contributed by atoms with Gasteiger partial charge in [-0.1, -0.05) is 23.7 Å². The minimum absolute atomic E-state index is 0.153. The Labute approximate surface area is 235 Å². The highest BCUT2D eigenvalue weighted by Gasteiger charge is 2.36. The van der Waals surface area contributed by atoms with Crippen LogP contribution in [0, 0.1) is 13.8 Å². The lowest BCUT2D eigenvalue weighted by atomic mass is 9.87. The highest BCUT2D eigenvalue weighted by Crippen LogP contribution is 2.49. The van der Waals surface area contributed by atoms with Gasteiger partial charge < -0.3 is 24.0 Å². The van der Waals surface area contributed by atoms with Crippen LogP contribution in [0.4, 0.5) is 20.4 Å². The summed E-state index contributed by atoms with van der Waals surface area (Å²) in [4.78, 5) is 23.3. The summed E-state index contributed by atoms with van der Waals surface area (Å²) < 4.78 is 38.2. The summed E-state index contributed by atoms with van der Waals surface area (Å²) in [6.45, 7) is 7.41. The van der Waals surface area contributed by atoms with Crippen LogP contribution in [0.25, 0.3) is 22.0 Å². The maximum absolute atomic E-state index is 12.8. The van der Waals surface area contributed by atoms with Crippen molar-refractivity contribution < 1.29 is 28.2 Å². The first-order valence-electron chi connectivity index (χ1n) is 12.7. The number of benzene rings is 2. The van der Waals surface area contributed by atoms with Gasteiger partial charge >= 0.3 is 12.6 Å². The van der Waals surface area contributed by atoms with Gasteiger partial charge in [0.15, 0.2) is 11.9 Å². The molecule has 5 rings (SSSR count). The van der Waals surface area contributed by atoms with E-state index >= 15 is 0 Å². The van der Waals surface area contributed by atoms with Crippen molar-refractivity contribution in [3.8, 4) is 16.9 Å². The third kappa shape index (κ3) is 5.09. The second kappa shape index (κ2) is 10.3. The molecular formula is C29H29ClF2N4O4. The monoisotopic (exact) mass is 570 g/mol. The Balaban J connectivity index is 1.82. The molecule has 0 fully saturated rings. The largest absolute Gasteiger partial charge is 0.479 e. The van der Waals surface area contributed by atoms with Gasteiger partial charge in [0.1, 0.15) is 0 Å². The van der Waals surface area contributed by atoms with Gasteiger partial charge in [0.2, 0.25) is 5.95 Å². The molecule has 2 aromatic carbocycles. The molecule has 0 amide bonds. The standard InChI is InChI=1S/C29H29ClF2N4O4/c1-15-12-20-22(17-6-8-18(30)9-7-17)21(25(26(37)38)40-29(3,4)5)16(2)23-24(20)35(15)10-11-36(23)28-33-13-19(14-34-28)39-27(31)32/h6-9,12-14,25,27H,10-11H2,1-5H3,(H,37,38). The zero-order valence-electron chi connectivity index (χ0n) is 22.7. The van der Waals surface area contributed by atoms with Gasteiger partial charge in [0.25, 0.3) is 0 Å². The number of halogens is 3. The normalized spacial score (nSPS) is 14.2. The van der Waals surface area contributed by atoms with Crippen molar-refractivity contribution >= 4 is 40.1 Å². The first-order chi connectivity index (χ1) is 18.9. The van der Waals surface area contributed by atoms with E-state index in [0.29, 0.717) is 29.2 Å². The molecule has 1 unspecified atom stereocenters. The van der Waals surface area contributed by atoms with Gasteiger partial charge in [0.05, 0.1) is 29.2 Å². The Bertz CT molecular complexity index is 1580. The Hall–Kier alpha value is -3.76. The Morgan fingerprint density at radius 2 is 1.75 bits per heavy atom. The summed E-state index contributed by atoms with van der Waals surface area (Å²) in [6.07, 6.45) is 1.11. The van der Waals surface area contributed by atoms with E-state index in [1.165, 1.54) is 12.4 Å². The quantitative estimate of drug-likeness (QED) is 0.254. The SMILES string of the molecule is Cc1c(C(OC(C)(C)C)C(=O)O)c(-c2ccc(Cl)cc2)c2cc(C)n3c2c1N(c1ncc(OC(F)F)cn1)CC3. The lowest BCUT2D eigenvalue weighted by Gasteiger charge is -2.34. The van der Waals surface area contributed by atoms with Crippen LogP contribution in [-0.2, 0) is 16.1 Å². The lowest BCUT2D eigenvalue weighted by Crippen LogP contribution is -2.32. The summed E-state index contributed by atoms with van der Waals surface area (Å²) >= 11 is 6.21. The maximum atomic E-state index is 12.8. The van der Waals surface area contributed by atoms with E-state index in [2.05, 4.69) is 19.3 Å². The average Bonchev–Trinajstić information content (AvgIpc) is 3.21. The van der Waals surface area contributed by atoms with Crippen LogP contribution in [0.5, 0.6) is 5.75 Å². The number of carbonyl (C=O) groups is 1. The second-order valence-electron chi connectivity index (χ2n) is 10.7. The summed E-state index contributed by atoms with van der Waals surface area (Å²) in [5.41, 5.74) is 4.61. The van der Waals surface area contributed by atoms with Gasteiger partial charge in [-0.2, -0.15) is 8.78 Å². The molecule has 8 nitrogen and oxygen atoms in total. The number of aliphatic carboxylic acids is 1. The minimum atomic E-state index is -2.99. The van der Waals surface area contributed by atoms with E-state index in [-0.39, 0.29) is 11.7 Å². The number of carboxylic acids is 1. The molecule has 1 aliphatic heterocycles. The number of anilines is 2. The van der Waals surface area contributed by atoms with Crippen LogP contribution in [0.3, 0.4) is 0 Å². The molecule has 3 heterocycles. The predicted octanol–water partition coefficient (Wildman–Crippen LogP) is 7.06. The van der Waals surface area contributed by atoms with Crippen LogP contribution >= 0.6 is 11.6 Å². The molecular weight excluding hydrogens is 542 g/mol. The molecule has 0 saturated carbocycles. The number of hydrogen-bond donors (Lipinski definition) is 1. The predicted molar refractivity (Wildman–Crippen MR) is 149 cm³/mol. The Morgan fingerprint density at radius 1 is 1.10 bits per heavy atom. The molecule has 0 radical (unpaired) electrons. The zero-order valence-corrected chi connectivity index (χ0v) is 23.5. The smallest absolute Gasteiger partial charge is 0.387 e. The second-order valence-corrected chi connectivity index (χ2v) is 11.1. The highest BCUT2D eigenvalue weighted by molar-refractivity contribution is 6.30. The fourth-order valence-electron chi connectivity index (χ4n) is 5.35. The van der Waals surface area contributed by atoms with Crippen molar-refractivity contribution in [2.24, 2.45) is 0 Å². The number of carboxylic acid groups (broad SMARTS) is 1. The molecule has 0 saturated heterocycles.